The summed E-state index contributed by atoms with van der Waals surface area (Å²) in [6.45, 7) is 0.746. The molecule has 0 radical (unpaired) electrons. The first-order valence-electron chi connectivity index (χ1n) is 9.90. The fraction of sp³-hybridized carbons (Fsp3) is 0.240. The number of rotatable bonds is 5. The van der Waals surface area contributed by atoms with Crippen LogP contribution in [0.5, 0.6) is 0 Å². The van der Waals surface area contributed by atoms with Crippen LogP contribution in [-0.2, 0) is 10.3 Å². The fourth-order valence-electron chi connectivity index (χ4n) is 4.63. The van der Waals surface area contributed by atoms with Crippen LogP contribution < -0.4 is 0 Å². The average Bonchev–Trinajstić information content (AvgIpc) is 2.77. The van der Waals surface area contributed by atoms with Crippen molar-refractivity contribution in [1.82, 2.24) is 4.90 Å². The number of piperidine rings is 1. The lowest BCUT2D eigenvalue weighted by molar-refractivity contribution is -0.146. The van der Waals surface area contributed by atoms with E-state index < -0.39 is 17.6 Å². The number of hydrogen-bond acceptors (Lipinski definition) is 2. The molecule has 0 unspecified atom stereocenters. The first-order valence-corrected chi connectivity index (χ1v) is 9.90. The van der Waals surface area contributed by atoms with Gasteiger partial charge in [-0.3, -0.25) is 9.69 Å². The smallest absolute Gasteiger partial charge is 0.320 e. The molecule has 3 aromatic rings. The number of carboxylic acids is 1. The third kappa shape index (κ3) is 3.12. The predicted molar refractivity (Wildman–Crippen MR) is 111 cm³/mol. The highest BCUT2D eigenvalue weighted by Gasteiger charge is 2.47. The maximum atomic E-state index is 12.3. The van der Waals surface area contributed by atoms with Gasteiger partial charge in [-0.15, -0.1) is 0 Å². The van der Waals surface area contributed by atoms with E-state index in [1.165, 1.54) is 0 Å². The Bertz CT molecular complexity index is 812. The molecule has 1 heterocycles. The van der Waals surface area contributed by atoms with Gasteiger partial charge < -0.3 is 5.11 Å². The van der Waals surface area contributed by atoms with Crippen LogP contribution in [-0.4, -0.2) is 28.6 Å². The van der Waals surface area contributed by atoms with Crippen LogP contribution in [0.1, 0.15) is 36.0 Å². The lowest BCUT2D eigenvalue weighted by Gasteiger charge is -2.49. The molecule has 0 spiro atoms. The zero-order valence-corrected chi connectivity index (χ0v) is 15.9. The van der Waals surface area contributed by atoms with Gasteiger partial charge >= 0.3 is 5.97 Å². The summed E-state index contributed by atoms with van der Waals surface area (Å²) >= 11 is 0. The van der Waals surface area contributed by atoms with Gasteiger partial charge in [-0.05, 0) is 29.5 Å². The van der Waals surface area contributed by atoms with E-state index in [4.69, 9.17) is 0 Å². The summed E-state index contributed by atoms with van der Waals surface area (Å²) in [5, 5.41) is 10.1. The van der Waals surface area contributed by atoms with Gasteiger partial charge in [0, 0.05) is 6.54 Å². The lowest BCUT2D eigenvalue weighted by atomic mass is 9.73. The van der Waals surface area contributed by atoms with Crippen LogP contribution in [0.15, 0.2) is 91.0 Å². The van der Waals surface area contributed by atoms with Crippen molar-refractivity contribution in [2.24, 2.45) is 0 Å². The number of nitrogens with zero attached hydrogens (tertiary/aromatic N) is 1. The number of carbonyl (C=O) groups is 1. The van der Waals surface area contributed by atoms with Crippen molar-refractivity contribution in [3.8, 4) is 0 Å². The van der Waals surface area contributed by atoms with Gasteiger partial charge in [-0.1, -0.05) is 97.4 Å². The highest BCUT2D eigenvalue weighted by molar-refractivity contribution is 5.74. The minimum absolute atomic E-state index is 0.519. The zero-order chi connectivity index (χ0) is 19.4. The highest BCUT2D eigenvalue weighted by Crippen LogP contribution is 2.45. The number of hydrogen-bond donors (Lipinski definition) is 1. The first kappa shape index (κ1) is 18.5. The van der Waals surface area contributed by atoms with Crippen molar-refractivity contribution < 1.29 is 9.90 Å². The van der Waals surface area contributed by atoms with Gasteiger partial charge in [0.15, 0.2) is 0 Å². The van der Waals surface area contributed by atoms with Crippen molar-refractivity contribution in [3.05, 3.63) is 108 Å². The molecule has 0 aliphatic carbocycles. The topological polar surface area (TPSA) is 40.5 Å². The second-order valence-electron chi connectivity index (χ2n) is 7.35. The normalized spacial score (nSPS) is 17.9. The van der Waals surface area contributed by atoms with Crippen molar-refractivity contribution in [2.75, 3.05) is 6.54 Å². The molecule has 3 heteroatoms. The highest BCUT2D eigenvalue weighted by atomic mass is 16.4. The summed E-state index contributed by atoms with van der Waals surface area (Å²) in [4.78, 5) is 14.5. The molecule has 0 amide bonds. The Labute approximate surface area is 166 Å². The maximum Gasteiger partial charge on any atom is 0.320 e. The van der Waals surface area contributed by atoms with Crippen molar-refractivity contribution in [1.29, 1.82) is 0 Å². The fourth-order valence-corrected chi connectivity index (χ4v) is 4.63. The standard InChI is InChI=1S/C25H25NO2/c27-24(28)23-18-10-11-19-26(23)25(20-12-4-1-5-13-20,21-14-6-2-7-15-21)22-16-8-3-9-17-22/h1-9,12-17,23H,10-11,18-19H2,(H,27,28)/t23-/m0/s1. The van der Waals surface area contributed by atoms with E-state index in [-0.39, 0.29) is 0 Å². The Hall–Kier alpha value is -2.91. The van der Waals surface area contributed by atoms with Crippen LogP contribution in [0.25, 0.3) is 0 Å². The summed E-state index contributed by atoms with van der Waals surface area (Å²) < 4.78 is 0. The molecule has 142 valence electrons. The van der Waals surface area contributed by atoms with Gasteiger partial charge in [-0.2, -0.15) is 0 Å². The van der Waals surface area contributed by atoms with Gasteiger partial charge in [0.1, 0.15) is 6.04 Å². The number of carboxylic acid groups (broad SMARTS) is 1. The number of benzene rings is 3. The number of likely N-dealkylation sites (tertiary alicyclic amines) is 1. The summed E-state index contributed by atoms with van der Waals surface area (Å²) in [6.07, 6.45) is 2.61. The molecule has 3 nitrogen and oxygen atoms in total. The monoisotopic (exact) mass is 371 g/mol. The molecular weight excluding hydrogens is 346 g/mol. The zero-order valence-electron chi connectivity index (χ0n) is 15.9. The molecule has 1 saturated heterocycles. The molecule has 0 bridgehead atoms. The van der Waals surface area contributed by atoms with E-state index in [9.17, 15) is 9.90 Å². The molecule has 1 fully saturated rings. The minimum Gasteiger partial charge on any atom is -0.480 e. The van der Waals surface area contributed by atoms with Gasteiger partial charge in [-0.25, -0.2) is 0 Å². The SMILES string of the molecule is O=C(O)[C@@H]1CCCCN1C(c1ccccc1)(c1ccccc1)c1ccccc1. The van der Waals surface area contributed by atoms with Gasteiger partial charge in [0.2, 0.25) is 0 Å². The second-order valence-corrected chi connectivity index (χ2v) is 7.35. The Morgan fingerprint density at radius 2 is 1.18 bits per heavy atom. The van der Waals surface area contributed by atoms with Gasteiger partial charge in [0.25, 0.3) is 0 Å². The van der Waals surface area contributed by atoms with Crippen LogP contribution in [0, 0.1) is 0 Å². The molecule has 0 aromatic heterocycles. The molecule has 1 aliphatic rings. The van der Waals surface area contributed by atoms with E-state index in [1.54, 1.807) is 0 Å². The number of aliphatic carboxylic acids is 1. The summed E-state index contributed by atoms with van der Waals surface area (Å²) in [7, 11) is 0. The van der Waals surface area contributed by atoms with Crippen molar-refractivity contribution in [2.45, 2.75) is 30.8 Å². The Kier molecular flexibility index (Phi) is 5.27. The third-order valence-corrected chi connectivity index (χ3v) is 5.79. The molecule has 28 heavy (non-hydrogen) atoms. The average molecular weight is 371 g/mol. The lowest BCUT2D eigenvalue weighted by Crippen LogP contribution is -2.57. The molecule has 0 saturated carbocycles. The van der Waals surface area contributed by atoms with Crippen molar-refractivity contribution >= 4 is 5.97 Å². The van der Waals surface area contributed by atoms with Crippen LogP contribution >= 0.6 is 0 Å². The summed E-state index contributed by atoms with van der Waals surface area (Å²) in [5.74, 6) is -0.744. The Morgan fingerprint density at radius 3 is 1.57 bits per heavy atom. The van der Waals surface area contributed by atoms with Crippen LogP contribution in [0.2, 0.25) is 0 Å². The molecule has 4 rings (SSSR count). The molecule has 3 aromatic carbocycles. The molecule has 1 N–H and O–H groups in total. The largest absolute Gasteiger partial charge is 0.480 e. The van der Waals surface area contributed by atoms with Gasteiger partial charge in [0.05, 0.1) is 5.54 Å². The van der Waals surface area contributed by atoms with E-state index >= 15 is 0 Å². The van der Waals surface area contributed by atoms with E-state index in [0.29, 0.717) is 6.42 Å². The van der Waals surface area contributed by atoms with E-state index in [2.05, 4.69) is 41.3 Å². The van der Waals surface area contributed by atoms with E-state index in [0.717, 1.165) is 36.1 Å². The summed E-state index contributed by atoms with van der Waals surface area (Å²) in [5.41, 5.74) is 2.65. The Balaban J connectivity index is 2.05. The summed E-state index contributed by atoms with van der Waals surface area (Å²) in [6, 6.07) is 30.4. The van der Waals surface area contributed by atoms with E-state index in [1.807, 2.05) is 54.6 Å². The molecule has 1 atom stereocenters. The quantitative estimate of drug-likeness (QED) is 0.647. The molecule has 1 aliphatic heterocycles. The van der Waals surface area contributed by atoms with Crippen molar-refractivity contribution in [3.63, 3.8) is 0 Å². The minimum atomic E-state index is -0.744. The van der Waals surface area contributed by atoms with Crippen LogP contribution in [0.4, 0.5) is 0 Å². The maximum absolute atomic E-state index is 12.3. The third-order valence-electron chi connectivity index (χ3n) is 5.79. The first-order chi connectivity index (χ1) is 13.7. The second kappa shape index (κ2) is 7.99. The Morgan fingerprint density at radius 1 is 0.750 bits per heavy atom. The predicted octanol–water partition coefficient (Wildman–Crippen LogP) is 4.92. The molecular formula is C25H25NO2. The van der Waals surface area contributed by atoms with Crippen LogP contribution in [0.3, 0.4) is 0 Å².